The van der Waals surface area contributed by atoms with Crippen molar-refractivity contribution in [3.05, 3.63) is 0 Å². The molecule has 3 atom stereocenters. The number of hydrogen-bond donors (Lipinski definition) is 0. The molecule has 0 saturated heterocycles. The van der Waals surface area contributed by atoms with Crippen molar-refractivity contribution in [2.75, 3.05) is 6.26 Å². The van der Waals surface area contributed by atoms with Crippen molar-refractivity contribution in [1.29, 1.82) is 0 Å². The second-order valence-electron chi connectivity index (χ2n) is 4.84. The third kappa shape index (κ3) is 3.63. The van der Waals surface area contributed by atoms with Gasteiger partial charge in [-0.2, -0.15) is 0 Å². The van der Waals surface area contributed by atoms with Gasteiger partial charge in [-0.15, -0.1) is 0 Å². The number of hydrogen-bond acceptors (Lipinski definition) is 3. The highest BCUT2D eigenvalue weighted by atomic mass is 32.2. The zero-order valence-corrected chi connectivity index (χ0v) is 11.8. The van der Waals surface area contributed by atoms with Gasteiger partial charge in [0.2, 0.25) is 4.38 Å². The van der Waals surface area contributed by atoms with E-state index >= 15 is 0 Å². The number of thiocarbonyl (C=S) groups is 1. The molecule has 0 aromatic heterocycles. The number of ether oxygens (including phenoxy) is 1. The Balaban J connectivity index is 2.62. The third-order valence-corrected chi connectivity index (χ3v) is 4.44. The Hall–Kier alpha value is 0.240. The summed E-state index contributed by atoms with van der Waals surface area (Å²) in [4.78, 5) is 0. The normalized spacial score (nSPS) is 31.7. The van der Waals surface area contributed by atoms with Crippen LogP contribution in [0.5, 0.6) is 0 Å². The van der Waals surface area contributed by atoms with E-state index in [9.17, 15) is 0 Å². The highest BCUT2D eigenvalue weighted by Crippen LogP contribution is 2.37. The molecule has 0 aromatic carbocycles. The average Bonchev–Trinajstić information content (AvgIpc) is 2.17. The van der Waals surface area contributed by atoms with Crippen molar-refractivity contribution in [3.8, 4) is 0 Å². The zero-order chi connectivity index (χ0) is 11.4. The molecule has 1 nitrogen and oxygen atoms in total. The second kappa shape index (κ2) is 6.09. The van der Waals surface area contributed by atoms with E-state index in [1.54, 1.807) is 11.8 Å². The van der Waals surface area contributed by atoms with Crippen LogP contribution < -0.4 is 0 Å². The molecule has 15 heavy (non-hydrogen) atoms. The van der Waals surface area contributed by atoms with Crippen molar-refractivity contribution < 1.29 is 4.74 Å². The van der Waals surface area contributed by atoms with Gasteiger partial charge in [0.15, 0.2) is 0 Å². The van der Waals surface area contributed by atoms with Crippen LogP contribution in [-0.4, -0.2) is 16.7 Å². The Bertz CT molecular complexity index is 216. The largest absolute Gasteiger partial charge is 0.475 e. The predicted octanol–water partition coefficient (Wildman–Crippen LogP) is 4.11. The van der Waals surface area contributed by atoms with Gasteiger partial charge < -0.3 is 4.74 Å². The minimum atomic E-state index is 0.355. The van der Waals surface area contributed by atoms with E-state index in [1.165, 1.54) is 19.3 Å². The molecule has 0 heterocycles. The molecule has 0 N–H and O–H groups in total. The van der Waals surface area contributed by atoms with Crippen molar-refractivity contribution in [2.24, 2.45) is 17.8 Å². The van der Waals surface area contributed by atoms with E-state index in [-0.39, 0.29) is 0 Å². The molecule has 0 radical (unpaired) electrons. The summed E-state index contributed by atoms with van der Waals surface area (Å²) in [5, 5.41) is 0. The lowest BCUT2D eigenvalue weighted by molar-refractivity contribution is 0.0281. The molecule has 0 bridgehead atoms. The van der Waals surface area contributed by atoms with Gasteiger partial charge in [0, 0.05) is 5.92 Å². The van der Waals surface area contributed by atoms with Crippen molar-refractivity contribution >= 4 is 28.4 Å². The summed E-state index contributed by atoms with van der Waals surface area (Å²) in [6.45, 7) is 6.94. The quantitative estimate of drug-likeness (QED) is 0.679. The first kappa shape index (κ1) is 13.3. The summed E-state index contributed by atoms with van der Waals surface area (Å²) >= 11 is 6.70. The minimum absolute atomic E-state index is 0.355. The first-order chi connectivity index (χ1) is 7.06. The van der Waals surface area contributed by atoms with E-state index in [2.05, 4.69) is 20.8 Å². The number of rotatable bonds is 2. The average molecular weight is 246 g/mol. The van der Waals surface area contributed by atoms with Crippen LogP contribution in [0.3, 0.4) is 0 Å². The molecule has 0 unspecified atom stereocenters. The minimum Gasteiger partial charge on any atom is -0.475 e. The first-order valence-electron chi connectivity index (χ1n) is 5.80. The molecule has 0 aromatic rings. The highest BCUT2D eigenvalue weighted by molar-refractivity contribution is 8.22. The first-order valence-corrected chi connectivity index (χ1v) is 7.44. The van der Waals surface area contributed by atoms with Crippen LogP contribution in [0.25, 0.3) is 0 Å². The van der Waals surface area contributed by atoms with Crippen LogP contribution in [0.15, 0.2) is 0 Å². The Morgan fingerprint density at radius 2 is 2.07 bits per heavy atom. The van der Waals surface area contributed by atoms with Gasteiger partial charge in [0.25, 0.3) is 0 Å². The Labute approximate surface area is 103 Å². The van der Waals surface area contributed by atoms with Crippen molar-refractivity contribution in [1.82, 2.24) is 0 Å². The van der Waals surface area contributed by atoms with E-state index in [1.807, 2.05) is 6.26 Å². The summed E-state index contributed by atoms with van der Waals surface area (Å²) in [6, 6.07) is 0. The van der Waals surface area contributed by atoms with Gasteiger partial charge in [-0.3, -0.25) is 0 Å². The molecule has 1 aliphatic carbocycles. The van der Waals surface area contributed by atoms with Crippen LogP contribution in [0.1, 0.15) is 40.0 Å². The molecule has 1 aliphatic rings. The van der Waals surface area contributed by atoms with E-state index in [0.717, 1.165) is 5.92 Å². The van der Waals surface area contributed by atoms with E-state index in [4.69, 9.17) is 17.0 Å². The van der Waals surface area contributed by atoms with Crippen molar-refractivity contribution in [2.45, 2.75) is 46.1 Å². The number of thioether (sulfide) groups is 1. The summed E-state index contributed by atoms with van der Waals surface area (Å²) < 4.78 is 6.59. The topological polar surface area (TPSA) is 9.23 Å². The molecule has 0 spiro atoms. The van der Waals surface area contributed by atoms with Gasteiger partial charge in [-0.05, 0) is 43.2 Å². The Morgan fingerprint density at radius 3 is 2.60 bits per heavy atom. The van der Waals surface area contributed by atoms with Gasteiger partial charge in [-0.1, -0.05) is 39.0 Å². The fraction of sp³-hybridized carbons (Fsp3) is 0.917. The smallest absolute Gasteiger partial charge is 0.219 e. The van der Waals surface area contributed by atoms with Crippen molar-refractivity contribution in [3.63, 3.8) is 0 Å². The van der Waals surface area contributed by atoms with E-state index in [0.29, 0.717) is 22.3 Å². The maximum Gasteiger partial charge on any atom is 0.219 e. The second-order valence-corrected chi connectivity index (χ2v) is 6.25. The zero-order valence-electron chi connectivity index (χ0n) is 10.2. The molecular formula is C12H22OS2. The van der Waals surface area contributed by atoms with Gasteiger partial charge >= 0.3 is 0 Å². The fourth-order valence-corrected chi connectivity index (χ4v) is 3.13. The fourth-order valence-electron chi connectivity index (χ4n) is 2.79. The maximum absolute atomic E-state index is 5.88. The van der Waals surface area contributed by atoms with Crippen LogP contribution >= 0.6 is 24.0 Å². The molecular weight excluding hydrogens is 224 g/mol. The highest BCUT2D eigenvalue weighted by Gasteiger charge is 2.34. The van der Waals surface area contributed by atoms with Gasteiger partial charge in [0.1, 0.15) is 6.10 Å². The van der Waals surface area contributed by atoms with Gasteiger partial charge in [0.05, 0.1) is 0 Å². The summed E-state index contributed by atoms with van der Waals surface area (Å²) in [5.74, 6) is 2.13. The molecule has 3 heteroatoms. The summed E-state index contributed by atoms with van der Waals surface area (Å²) in [7, 11) is 0. The predicted molar refractivity (Wildman–Crippen MR) is 72.3 cm³/mol. The Morgan fingerprint density at radius 1 is 1.40 bits per heavy atom. The summed E-state index contributed by atoms with van der Waals surface area (Å²) in [6.07, 6.45) is 6.14. The monoisotopic (exact) mass is 246 g/mol. The van der Waals surface area contributed by atoms with Crippen LogP contribution in [0.4, 0.5) is 0 Å². The molecule has 1 fully saturated rings. The van der Waals surface area contributed by atoms with Gasteiger partial charge in [-0.25, -0.2) is 0 Å². The lowest BCUT2D eigenvalue weighted by Crippen LogP contribution is -2.37. The molecule has 1 rings (SSSR count). The lowest BCUT2D eigenvalue weighted by atomic mass is 9.72. The maximum atomic E-state index is 5.88. The SMILES string of the molecule is CSC(=S)O[C@@H]1CCC[C@@H](C)[C@H]1C(C)C. The standard InChI is InChI=1S/C12H22OS2/c1-8(2)11-9(3)6-5-7-10(11)13-12(14)15-4/h8-11H,5-7H2,1-4H3/t9-,10-,11-/m1/s1. The van der Waals surface area contributed by atoms with Crippen LogP contribution in [-0.2, 0) is 4.74 Å². The third-order valence-electron chi connectivity index (χ3n) is 3.42. The summed E-state index contributed by atoms with van der Waals surface area (Å²) in [5.41, 5.74) is 0. The molecule has 1 saturated carbocycles. The van der Waals surface area contributed by atoms with Crippen LogP contribution in [0.2, 0.25) is 0 Å². The molecule has 0 amide bonds. The van der Waals surface area contributed by atoms with Crippen LogP contribution in [0, 0.1) is 17.8 Å². The molecule has 0 aliphatic heterocycles. The lowest BCUT2D eigenvalue weighted by Gasteiger charge is -2.38. The Kier molecular flexibility index (Phi) is 5.41. The van der Waals surface area contributed by atoms with E-state index < -0.39 is 0 Å². The molecule has 88 valence electrons.